The smallest absolute Gasteiger partial charge is 0.406 e. The number of hydrogen-bond acceptors (Lipinski definition) is 5. The zero-order chi connectivity index (χ0) is 22.6. The van der Waals surface area contributed by atoms with Crippen LogP contribution < -0.4 is 10.1 Å². The Balaban J connectivity index is 1.45. The van der Waals surface area contributed by atoms with Gasteiger partial charge in [-0.15, -0.1) is 13.2 Å². The summed E-state index contributed by atoms with van der Waals surface area (Å²) in [7, 11) is 0. The molecule has 1 fully saturated rings. The van der Waals surface area contributed by atoms with Crippen LogP contribution in [0.5, 0.6) is 5.75 Å². The van der Waals surface area contributed by atoms with Gasteiger partial charge in [-0.25, -0.2) is 0 Å². The molecular formula is C20H24F3N5O3. The molecule has 1 aromatic heterocycles. The van der Waals surface area contributed by atoms with Crippen LogP contribution in [0, 0.1) is 0 Å². The molecule has 0 atom stereocenters. The lowest BCUT2D eigenvalue weighted by Gasteiger charge is -2.33. The van der Waals surface area contributed by atoms with Gasteiger partial charge in [-0.05, 0) is 44.2 Å². The molecule has 0 bridgehead atoms. The number of aromatic nitrogens is 2. The Hall–Kier alpha value is -3.08. The lowest BCUT2D eigenvalue weighted by molar-refractivity contribution is -0.274. The largest absolute Gasteiger partial charge is 0.573 e. The topological polar surface area (TPSA) is 79.7 Å². The molecule has 1 aliphatic rings. The number of anilines is 1. The number of carbonyl (C=O) groups is 2. The Morgan fingerprint density at radius 2 is 1.74 bits per heavy atom. The summed E-state index contributed by atoms with van der Waals surface area (Å²) in [5.41, 5.74) is 0.770. The van der Waals surface area contributed by atoms with Crippen LogP contribution in [0.25, 0.3) is 0 Å². The van der Waals surface area contributed by atoms with E-state index in [-0.39, 0.29) is 30.2 Å². The van der Waals surface area contributed by atoms with E-state index in [0.29, 0.717) is 37.6 Å². The van der Waals surface area contributed by atoms with Crippen molar-refractivity contribution in [3.05, 3.63) is 42.2 Å². The molecule has 2 amide bonds. The molecular weight excluding hydrogens is 415 g/mol. The molecule has 0 saturated carbocycles. The molecule has 1 N–H and O–H groups in total. The van der Waals surface area contributed by atoms with E-state index in [1.54, 1.807) is 21.8 Å². The predicted octanol–water partition coefficient (Wildman–Crippen LogP) is 2.76. The fourth-order valence-electron chi connectivity index (χ4n) is 3.15. The highest BCUT2D eigenvalue weighted by atomic mass is 19.4. The molecule has 11 heteroatoms. The average molecular weight is 439 g/mol. The minimum Gasteiger partial charge on any atom is -0.406 e. The van der Waals surface area contributed by atoms with Gasteiger partial charge in [0.05, 0.1) is 6.54 Å². The first-order valence-corrected chi connectivity index (χ1v) is 9.83. The van der Waals surface area contributed by atoms with E-state index < -0.39 is 6.36 Å². The third kappa shape index (κ3) is 6.45. The van der Waals surface area contributed by atoms with Crippen molar-refractivity contribution < 1.29 is 27.5 Å². The lowest BCUT2D eigenvalue weighted by atomic mass is 10.2. The van der Waals surface area contributed by atoms with Crippen LogP contribution >= 0.6 is 0 Å². The molecule has 2 heterocycles. The number of benzene rings is 1. The molecule has 0 unspecified atom stereocenters. The van der Waals surface area contributed by atoms with Crippen LogP contribution in [0.3, 0.4) is 0 Å². The number of amides is 2. The van der Waals surface area contributed by atoms with Crippen molar-refractivity contribution in [3.63, 3.8) is 0 Å². The molecule has 1 saturated heterocycles. The van der Waals surface area contributed by atoms with Gasteiger partial charge in [-0.1, -0.05) is 0 Å². The van der Waals surface area contributed by atoms with Crippen LogP contribution in [0.1, 0.15) is 30.4 Å². The minimum atomic E-state index is -4.76. The molecule has 0 radical (unpaired) electrons. The summed E-state index contributed by atoms with van der Waals surface area (Å²) >= 11 is 0. The number of rotatable bonds is 6. The minimum absolute atomic E-state index is 0.116. The first-order valence-electron chi connectivity index (χ1n) is 9.83. The highest BCUT2D eigenvalue weighted by Crippen LogP contribution is 2.24. The number of nitrogens with zero attached hydrogens (tertiary/aromatic N) is 4. The SMILES string of the molecule is CC(C)n1ccc(C(=O)N2CCN(CC(=O)Nc3ccc(OC(F)(F)F)cc3)CC2)n1. The molecule has 31 heavy (non-hydrogen) atoms. The van der Waals surface area contributed by atoms with Crippen molar-refractivity contribution in [2.45, 2.75) is 26.3 Å². The number of ether oxygens (including phenoxy) is 1. The Morgan fingerprint density at radius 3 is 2.29 bits per heavy atom. The van der Waals surface area contributed by atoms with E-state index in [1.165, 1.54) is 12.1 Å². The Kier molecular flexibility index (Phi) is 6.84. The molecule has 1 aliphatic heterocycles. The highest BCUT2D eigenvalue weighted by molar-refractivity contribution is 5.93. The fourth-order valence-corrected chi connectivity index (χ4v) is 3.15. The standard InChI is InChI=1S/C20H24F3N5O3/c1-14(2)28-8-7-17(25-28)19(30)27-11-9-26(10-12-27)13-18(29)24-15-3-5-16(6-4-15)31-20(21,22)23/h3-8,14H,9-13H2,1-2H3,(H,24,29). The quantitative estimate of drug-likeness (QED) is 0.749. The van der Waals surface area contributed by atoms with Gasteiger partial charge in [0, 0.05) is 44.1 Å². The van der Waals surface area contributed by atoms with E-state index in [2.05, 4.69) is 15.2 Å². The average Bonchev–Trinajstić information content (AvgIpc) is 3.19. The third-order valence-corrected chi connectivity index (χ3v) is 4.75. The van der Waals surface area contributed by atoms with E-state index in [4.69, 9.17) is 0 Å². The molecule has 8 nitrogen and oxygen atoms in total. The number of alkyl halides is 3. The van der Waals surface area contributed by atoms with Crippen molar-refractivity contribution in [2.75, 3.05) is 38.0 Å². The van der Waals surface area contributed by atoms with Gasteiger partial charge in [0.15, 0.2) is 0 Å². The van der Waals surface area contributed by atoms with Crippen molar-refractivity contribution in [2.24, 2.45) is 0 Å². The predicted molar refractivity (Wildman–Crippen MR) is 107 cm³/mol. The summed E-state index contributed by atoms with van der Waals surface area (Å²) in [6, 6.07) is 6.82. The van der Waals surface area contributed by atoms with Crippen LogP contribution in [0.2, 0.25) is 0 Å². The molecule has 3 rings (SSSR count). The van der Waals surface area contributed by atoms with Crippen LogP contribution in [-0.4, -0.2) is 70.5 Å². The zero-order valence-corrected chi connectivity index (χ0v) is 17.2. The van der Waals surface area contributed by atoms with E-state index in [0.717, 1.165) is 12.1 Å². The summed E-state index contributed by atoms with van der Waals surface area (Å²) in [5.74, 6) is -0.783. The summed E-state index contributed by atoms with van der Waals surface area (Å²) in [6.45, 7) is 6.09. The van der Waals surface area contributed by atoms with Gasteiger partial charge in [0.2, 0.25) is 5.91 Å². The zero-order valence-electron chi connectivity index (χ0n) is 17.2. The summed E-state index contributed by atoms with van der Waals surface area (Å²) in [6.07, 6.45) is -2.98. The fraction of sp³-hybridized carbons (Fsp3) is 0.450. The van der Waals surface area contributed by atoms with Crippen molar-refractivity contribution in [1.29, 1.82) is 0 Å². The van der Waals surface area contributed by atoms with Crippen molar-refractivity contribution in [1.82, 2.24) is 19.6 Å². The van der Waals surface area contributed by atoms with Crippen LogP contribution in [-0.2, 0) is 4.79 Å². The maximum Gasteiger partial charge on any atom is 0.573 e. The van der Waals surface area contributed by atoms with E-state index >= 15 is 0 Å². The van der Waals surface area contributed by atoms with Gasteiger partial charge in [0.1, 0.15) is 11.4 Å². The Bertz CT molecular complexity index is 904. The normalized spacial score (nSPS) is 15.2. The van der Waals surface area contributed by atoms with Gasteiger partial charge in [-0.2, -0.15) is 5.10 Å². The molecule has 2 aromatic rings. The third-order valence-electron chi connectivity index (χ3n) is 4.75. The Morgan fingerprint density at radius 1 is 1.10 bits per heavy atom. The summed E-state index contributed by atoms with van der Waals surface area (Å²) in [5, 5.41) is 6.94. The lowest BCUT2D eigenvalue weighted by Crippen LogP contribution is -2.50. The molecule has 0 aliphatic carbocycles. The van der Waals surface area contributed by atoms with Gasteiger partial charge < -0.3 is 15.0 Å². The maximum absolute atomic E-state index is 12.6. The number of halogens is 3. The molecule has 0 spiro atoms. The van der Waals surface area contributed by atoms with Crippen molar-refractivity contribution >= 4 is 17.5 Å². The Labute approximate surface area is 177 Å². The number of carbonyl (C=O) groups excluding carboxylic acids is 2. The van der Waals surface area contributed by atoms with Gasteiger partial charge in [-0.3, -0.25) is 19.2 Å². The second-order valence-corrected chi connectivity index (χ2v) is 7.46. The van der Waals surface area contributed by atoms with Crippen LogP contribution in [0.4, 0.5) is 18.9 Å². The number of hydrogen-bond donors (Lipinski definition) is 1. The maximum atomic E-state index is 12.6. The van der Waals surface area contributed by atoms with E-state index in [9.17, 15) is 22.8 Å². The van der Waals surface area contributed by atoms with Crippen molar-refractivity contribution in [3.8, 4) is 5.75 Å². The van der Waals surface area contributed by atoms with Gasteiger partial charge in [0.25, 0.3) is 5.91 Å². The second-order valence-electron chi connectivity index (χ2n) is 7.46. The highest BCUT2D eigenvalue weighted by Gasteiger charge is 2.31. The van der Waals surface area contributed by atoms with Crippen LogP contribution in [0.15, 0.2) is 36.5 Å². The molecule has 1 aromatic carbocycles. The monoisotopic (exact) mass is 439 g/mol. The number of nitrogens with one attached hydrogen (secondary N) is 1. The van der Waals surface area contributed by atoms with E-state index in [1.807, 2.05) is 18.7 Å². The summed E-state index contributed by atoms with van der Waals surface area (Å²) in [4.78, 5) is 28.5. The first kappa shape index (κ1) is 22.6. The second kappa shape index (κ2) is 9.38. The first-order chi connectivity index (χ1) is 14.6. The molecule has 168 valence electrons. The number of piperazine rings is 1. The van der Waals surface area contributed by atoms with Gasteiger partial charge >= 0.3 is 6.36 Å². The summed E-state index contributed by atoms with van der Waals surface area (Å²) < 4.78 is 42.1.